The zero-order chi connectivity index (χ0) is 14.5. The molecule has 1 amide bonds. The van der Waals surface area contributed by atoms with Crippen molar-refractivity contribution in [3.8, 4) is 6.07 Å². The molecule has 1 aromatic rings. The average Bonchev–Trinajstić information content (AvgIpc) is 2.98. The molecular weight excluding hydrogens is 258 g/mol. The average molecular weight is 273 g/mol. The molecule has 1 aromatic carbocycles. The van der Waals surface area contributed by atoms with Gasteiger partial charge in [-0.3, -0.25) is 14.9 Å². The summed E-state index contributed by atoms with van der Waals surface area (Å²) in [4.78, 5) is 24.2. The topological polar surface area (TPSA) is 87.2 Å². The summed E-state index contributed by atoms with van der Waals surface area (Å²) in [5, 5.41) is 19.6. The van der Waals surface area contributed by atoms with Gasteiger partial charge in [0.15, 0.2) is 0 Å². The van der Waals surface area contributed by atoms with E-state index in [0.29, 0.717) is 0 Å². The molecular formula is C14H15N3O3. The predicted octanol–water partition coefficient (Wildman–Crippen LogP) is 2.50. The number of benzene rings is 1. The molecule has 0 bridgehead atoms. The van der Waals surface area contributed by atoms with Crippen molar-refractivity contribution in [1.29, 1.82) is 5.26 Å². The minimum atomic E-state index is -0.527. The summed E-state index contributed by atoms with van der Waals surface area (Å²) in [6.45, 7) is 0.0200. The van der Waals surface area contributed by atoms with Crippen LogP contribution in [-0.4, -0.2) is 28.3 Å². The molecule has 2 rings (SSSR count). The van der Waals surface area contributed by atoms with E-state index in [9.17, 15) is 14.9 Å². The number of nitro benzene ring substituents is 1. The van der Waals surface area contributed by atoms with Gasteiger partial charge in [0.25, 0.3) is 11.6 Å². The van der Waals surface area contributed by atoms with Gasteiger partial charge in [-0.2, -0.15) is 5.26 Å². The van der Waals surface area contributed by atoms with Crippen LogP contribution in [0.3, 0.4) is 0 Å². The van der Waals surface area contributed by atoms with Crippen molar-refractivity contribution in [2.75, 3.05) is 6.54 Å². The van der Waals surface area contributed by atoms with Gasteiger partial charge in [0, 0.05) is 23.7 Å². The van der Waals surface area contributed by atoms with Crippen molar-refractivity contribution in [3.63, 3.8) is 0 Å². The Morgan fingerprint density at radius 2 is 2.15 bits per heavy atom. The van der Waals surface area contributed by atoms with Crippen molar-refractivity contribution in [1.82, 2.24) is 4.90 Å². The van der Waals surface area contributed by atoms with Crippen molar-refractivity contribution < 1.29 is 9.72 Å². The molecule has 1 aliphatic rings. The Hall–Kier alpha value is -2.42. The number of hydrogen-bond donors (Lipinski definition) is 0. The molecule has 0 saturated heterocycles. The van der Waals surface area contributed by atoms with Crippen LogP contribution in [0.2, 0.25) is 0 Å². The van der Waals surface area contributed by atoms with Crippen LogP contribution in [0.25, 0.3) is 0 Å². The van der Waals surface area contributed by atoms with E-state index in [4.69, 9.17) is 5.26 Å². The van der Waals surface area contributed by atoms with Gasteiger partial charge in [-0.25, -0.2) is 0 Å². The number of nitrogens with zero attached hydrogens (tertiary/aromatic N) is 3. The second-order valence-electron chi connectivity index (χ2n) is 4.84. The van der Waals surface area contributed by atoms with E-state index < -0.39 is 4.92 Å². The molecule has 104 valence electrons. The normalized spacial score (nSPS) is 14.8. The summed E-state index contributed by atoms with van der Waals surface area (Å²) >= 11 is 0. The molecule has 0 aromatic heterocycles. The quantitative estimate of drug-likeness (QED) is 0.479. The molecule has 20 heavy (non-hydrogen) atoms. The molecule has 1 saturated carbocycles. The van der Waals surface area contributed by atoms with Gasteiger partial charge in [-0.15, -0.1) is 0 Å². The lowest BCUT2D eigenvalue weighted by atomic mass is 10.1. The fraction of sp³-hybridized carbons (Fsp3) is 0.429. The predicted molar refractivity (Wildman–Crippen MR) is 72.0 cm³/mol. The maximum Gasteiger partial charge on any atom is 0.270 e. The Morgan fingerprint density at radius 1 is 1.45 bits per heavy atom. The monoisotopic (exact) mass is 273 g/mol. The van der Waals surface area contributed by atoms with Crippen LogP contribution in [0.5, 0.6) is 0 Å². The maximum absolute atomic E-state index is 12.4. The Balaban J connectivity index is 2.25. The SMILES string of the molecule is N#CCN(C(=O)c1cccc([N+](=O)[O-])c1)C1CCCC1. The summed E-state index contributed by atoms with van der Waals surface area (Å²) in [7, 11) is 0. The molecule has 1 fully saturated rings. The van der Waals surface area contributed by atoms with E-state index in [-0.39, 0.29) is 29.7 Å². The highest BCUT2D eigenvalue weighted by Gasteiger charge is 2.27. The van der Waals surface area contributed by atoms with E-state index in [2.05, 4.69) is 0 Å². The zero-order valence-corrected chi connectivity index (χ0v) is 11.0. The number of nitriles is 1. The van der Waals surface area contributed by atoms with Gasteiger partial charge in [0.05, 0.1) is 11.0 Å². The molecule has 6 heteroatoms. The third-order valence-electron chi connectivity index (χ3n) is 3.57. The third-order valence-corrected chi connectivity index (χ3v) is 3.57. The zero-order valence-electron chi connectivity index (χ0n) is 11.0. The van der Waals surface area contributed by atoms with E-state index in [0.717, 1.165) is 25.7 Å². The van der Waals surface area contributed by atoms with Crippen molar-refractivity contribution in [2.45, 2.75) is 31.7 Å². The van der Waals surface area contributed by atoms with E-state index in [1.807, 2.05) is 6.07 Å². The molecule has 0 atom stereocenters. The number of carbonyl (C=O) groups is 1. The number of rotatable bonds is 4. The van der Waals surface area contributed by atoms with E-state index in [1.165, 1.54) is 23.1 Å². The van der Waals surface area contributed by atoms with E-state index >= 15 is 0 Å². The van der Waals surface area contributed by atoms with Gasteiger partial charge in [0.1, 0.15) is 6.54 Å². The Bertz CT molecular complexity index is 559. The smallest absolute Gasteiger partial charge is 0.270 e. The first-order chi connectivity index (χ1) is 9.63. The number of hydrogen-bond acceptors (Lipinski definition) is 4. The number of carbonyl (C=O) groups excluding carboxylic acids is 1. The van der Waals surface area contributed by atoms with Crippen molar-refractivity contribution in [2.24, 2.45) is 0 Å². The van der Waals surface area contributed by atoms with Crippen molar-refractivity contribution in [3.05, 3.63) is 39.9 Å². The van der Waals surface area contributed by atoms with Crippen molar-refractivity contribution >= 4 is 11.6 Å². The van der Waals surface area contributed by atoms with Crippen LogP contribution in [-0.2, 0) is 0 Å². The van der Waals surface area contributed by atoms with Crippen LogP contribution >= 0.6 is 0 Å². The summed E-state index contributed by atoms with van der Waals surface area (Å²) < 4.78 is 0. The first kappa shape index (κ1) is 14.0. The minimum Gasteiger partial charge on any atom is -0.322 e. The van der Waals surface area contributed by atoms with Gasteiger partial charge in [0.2, 0.25) is 0 Å². The molecule has 0 heterocycles. The lowest BCUT2D eigenvalue weighted by Crippen LogP contribution is -2.39. The van der Waals surface area contributed by atoms with Crippen LogP contribution in [0.1, 0.15) is 36.0 Å². The van der Waals surface area contributed by atoms with Gasteiger partial charge < -0.3 is 4.90 Å². The van der Waals surface area contributed by atoms with Crippen LogP contribution in [0.15, 0.2) is 24.3 Å². The second kappa shape index (κ2) is 6.15. The summed E-state index contributed by atoms with van der Waals surface area (Å²) in [5.41, 5.74) is 0.153. The van der Waals surface area contributed by atoms with Crippen LogP contribution in [0, 0.1) is 21.4 Å². The van der Waals surface area contributed by atoms with Gasteiger partial charge >= 0.3 is 0 Å². The molecule has 0 N–H and O–H groups in total. The maximum atomic E-state index is 12.4. The number of nitro groups is 1. The van der Waals surface area contributed by atoms with Gasteiger partial charge in [-0.1, -0.05) is 18.9 Å². The molecule has 0 aliphatic heterocycles. The Labute approximate surface area is 116 Å². The highest BCUT2D eigenvalue weighted by Crippen LogP contribution is 2.25. The lowest BCUT2D eigenvalue weighted by molar-refractivity contribution is -0.384. The highest BCUT2D eigenvalue weighted by molar-refractivity contribution is 5.95. The molecule has 6 nitrogen and oxygen atoms in total. The number of non-ortho nitro benzene ring substituents is 1. The summed E-state index contributed by atoms with van der Waals surface area (Å²) in [5.74, 6) is -0.304. The molecule has 0 unspecified atom stereocenters. The third kappa shape index (κ3) is 2.94. The number of amides is 1. The fourth-order valence-electron chi connectivity index (χ4n) is 2.58. The standard InChI is InChI=1S/C14H15N3O3/c15-8-9-16(12-5-1-2-6-12)14(18)11-4-3-7-13(10-11)17(19)20/h3-4,7,10,12H,1-2,5-6,9H2. The molecule has 0 radical (unpaired) electrons. The summed E-state index contributed by atoms with van der Waals surface area (Å²) in [6, 6.07) is 7.73. The first-order valence-electron chi connectivity index (χ1n) is 6.56. The van der Waals surface area contributed by atoms with Crippen LogP contribution < -0.4 is 0 Å². The first-order valence-corrected chi connectivity index (χ1v) is 6.56. The Kier molecular flexibility index (Phi) is 4.31. The van der Waals surface area contributed by atoms with E-state index in [1.54, 1.807) is 6.07 Å². The highest BCUT2D eigenvalue weighted by atomic mass is 16.6. The lowest BCUT2D eigenvalue weighted by Gasteiger charge is -2.26. The minimum absolute atomic E-state index is 0.0200. The largest absolute Gasteiger partial charge is 0.322 e. The van der Waals surface area contributed by atoms with Crippen LogP contribution in [0.4, 0.5) is 5.69 Å². The summed E-state index contributed by atoms with van der Waals surface area (Å²) in [6.07, 6.45) is 3.88. The Morgan fingerprint density at radius 3 is 2.75 bits per heavy atom. The molecule has 0 spiro atoms. The second-order valence-corrected chi connectivity index (χ2v) is 4.84. The molecule has 1 aliphatic carbocycles. The fourth-order valence-corrected chi connectivity index (χ4v) is 2.58. The van der Waals surface area contributed by atoms with Gasteiger partial charge in [-0.05, 0) is 18.9 Å².